The van der Waals surface area contributed by atoms with Gasteiger partial charge in [-0.25, -0.2) is 0 Å². The number of alkyl halides is 3. The van der Waals surface area contributed by atoms with Gasteiger partial charge in [0.2, 0.25) is 0 Å². The van der Waals surface area contributed by atoms with Gasteiger partial charge in [-0.1, -0.05) is 47.7 Å². The van der Waals surface area contributed by atoms with E-state index in [0.29, 0.717) is 0 Å². The van der Waals surface area contributed by atoms with Crippen LogP contribution in [0.4, 0.5) is 13.2 Å². The van der Waals surface area contributed by atoms with Crippen LogP contribution in [0.25, 0.3) is 0 Å². The Labute approximate surface area is 130 Å². The molecule has 0 aliphatic rings. The van der Waals surface area contributed by atoms with Gasteiger partial charge in [0.1, 0.15) is 0 Å². The Morgan fingerprint density at radius 1 is 0.909 bits per heavy atom. The van der Waals surface area contributed by atoms with Crippen molar-refractivity contribution >= 4 is 21.9 Å². The molecular weight excluding hydrogens is 337 g/mol. The van der Waals surface area contributed by atoms with Crippen LogP contribution in [-0.4, -0.2) is 18.5 Å². The molecule has 0 aliphatic carbocycles. The molecule has 0 aliphatic heterocycles. The fraction of sp³-hybridized carbons (Fsp3) is 0.143. The smallest absolute Gasteiger partial charge is 0.279 e. The molecule has 0 saturated carbocycles. The lowest BCUT2D eigenvalue weighted by Crippen LogP contribution is -2.21. The minimum absolute atomic E-state index is 1.29. The molecule has 0 radical (unpaired) electrons. The summed E-state index contributed by atoms with van der Waals surface area (Å²) in [4.78, 5) is 2.58. The van der Waals surface area contributed by atoms with Crippen molar-refractivity contribution in [2.75, 3.05) is 0 Å². The number of hydrogen-bond donors (Lipinski definition) is 1. The molecule has 2 rings (SSSR count). The molecule has 0 bridgehead atoms. The summed E-state index contributed by atoms with van der Waals surface area (Å²) in [5, 5.41) is 0. The molecule has 3 nitrogen and oxygen atoms in total. The van der Waals surface area contributed by atoms with E-state index in [1.54, 1.807) is 11.8 Å². The van der Waals surface area contributed by atoms with E-state index in [9.17, 15) is 13.2 Å². The molecule has 0 atom stereocenters. The maximum Gasteiger partial charge on any atom is 0.522 e. The zero-order valence-electron chi connectivity index (χ0n) is 11.4. The number of aryl methyl sites for hydroxylation is 1. The van der Waals surface area contributed by atoms with E-state index >= 15 is 0 Å². The maximum absolute atomic E-state index is 10.7. The third kappa shape index (κ3) is 6.50. The number of halogens is 3. The summed E-state index contributed by atoms with van der Waals surface area (Å²) in [6.07, 6.45) is 0. The zero-order chi connectivity index (χ0) is 16.8. The van der Waals surface area contributed by atoms with Crippen LogP contribution in [0.5, 0.6) is 0 Å². The Morgan fingerprint density at radius 3 is 1.73 bits per heavy atom. The van der Waals surface area contributed by atoms with Crippen LogP contribution in [0.2, 0.25) is 0 Å². The highest BCUT2D eigenvalue weighted by Crippen LogP contribution is 2.27. The van der Waals surface area contributed by atoms with Crippen molar-refractivity contribution in [2.45, 2.75) is 22.2 Å². The molecular formula is C14H13F3O3S2. The molecule has 2 aromatic rings. The fourth-order valence-corrected chi connectivity index (χ4v) is 2.07. The van der Waals surface area contributed by atoms with Crippen LogP contribution in [0, 0.1) is 6.92 Å². The maximum atomic E-state index is 10.7. The Kier molecular flexibility index (Phi) is 6.46. The van der Waals surface area contributed by atoms with E-state index in [-0.39, 0.29) is 0 Å². The van der Waals surface area contributed by atoms with Crippen molar-refractivity contribution in [2.24, 2.45) is 0 Å². The van der Waals surface area contributed by atoms with Gasteiger partial charge in [-0.15, -0.1) is 0 Å². The van der Waals surface area contributed by atoms with Gasteiger partial charge in [0.25, 0.3) is 0 Å². The Morgan fingerprint density at radius 2 is 1.32 bits per heavy atom. The van der Waals surface area contributed by atoms with Gasteiger partial charge in [0.15, 0.2) is 0 Å². The predicted octanol–water partition coefficient (Wildman–Crippen LogP) is 4.54. The normalized spacial score (nSPS) is 11.5. The second-order valence-corrected chi connectivity index (χ2v) is 6.71. The van der Waals surface area contributed by atoms with Crippen molar-refractivity contribution in [1.82, 2.24) is 0 Å². The Bertz CT molecular complexity index is 682. The second-order valence-electron chi connectivity index (χ2n) is 4.15. The molecule has 0 amide bonds. The summed E-state index contributed by atoms with van der Waals surface area (Å²) in [5.74, 6) is 0. The van der Waals surface area contributed by atoms with E-state index in [0.717, 1.165) is 0 Å². The lowest BCUT2D eigenvalue weighted by Gasteiger charge is -2.01. The molecule has 0 heterocycles. The summed E-state index contributed by atoms with van der Waals surface area (Å²) in [6, 6.07) is 19.0. The zero-order valence-corrected chi connectivity index (χ0v) is 13.0. The molecule has 0 fully saturated rings. The van der Waals surface area contributed by atoms with Crippen molar-refractivity contribution in [3.63, 3.8) is 0 Å². The molecule has 0 aromatic heterocycles. The minimum Gasteiger partial charge on any atom is -0.279 e. The van der Waals surface area contributed by atoms with Crippen molar-refractivity contribution in [1.29, 1.82) is 0 Å². The van der Waals surface area contributed by atoms with Crippen molar-refractivity contribution in [3.05, 3.63) is 60.2 Å². The number of hydrogen-bond acceptors (Lipinski definition) is 3. The van der Waals surface area contributed by atoms with Gasteiger partial charge in [-0.05, 0) is 31.2 Å². The van der Waals surface area contributed by atoms with Gasteiger partial charge in [-0.3, -0.25) is 4.55 Å². The van der Waals surface area contributed by atoms with Crippen molar-refractivity contribution < 1.29 is 26.1 Å². The van der Waals surface area contributed by atoms with Crippen LogP contribution in [0.15, 0.2) is 64.4 Å². The third-order valence-corrected chi connectivity index (χ3v) is 3.89. The molecule has 1 N–H and O–H groups in total. The summed E-state index contributed by atoms with van der Waals surface area (Å²) < 4.78 is 57.5. The third-order valence-electron chi connectivity index (χ3n) is 2.29. The van der Waals surface area contributed by atoms with Crippen LogP contribution in [-0.2, 0) is 10.1 Å². The first kappa shape index (κ1) is 18.5. The second kappa shape index (κ2) is 7.66. The SMILES string of the molecule is Cc1ccc(Sc2ccccc2)cc1.O=S(=O)(O)C(F)(F)F. The summed E-state index contributed by atoms with van der Waals surface area (Å²) in [6.45, 7) is 2.11. The highest BCUT2D eigenvalue weighted by Gasteiger charge is 2.44. The quantitative estimate of drug-likeness (QED) is 0.638. The average Bonchev–Trinajstić information content (AvgIpc) is 2.41. The lowest BCUT2D eigenvalue weighted by atomic mass is 10.2. The van der Waals surface area contributed by atoms with E-state index < -0.39 is 15.6 Å². The largest absolute Gasteiger partial charge is 0.522 e. The summed E-state index contributed by atoms with van der Waals surface area (Å²) >= 11 is 1.80. The van der Waals surface area contributed by atoms with Crippen LogP contribution in [0.3, 0.4) is 0 Å². The fourth-order valence-electron chi connectivity index (χ4n) is 1.23. The van der Waals surface area contributed by atoms with Gasteiger partial charge < -0.3 is 0 Å². The molecule has 22 heavy (non-hydrogen) atoms. The van der Waals surface area contributed by atoms with Gasteiger partial charge >= 0.3 is 15.6 Å². The first-order valence-corrected chi connectivity index (χ1v) is 8.18. The molecule has 0 saturated heterocycles. The van der Waals surface area contributed by atoms with E-state index in [1.165, 1.54) is 15.4 Å². The van der Waals surface area contributed by atoms with E-state index in [4.69, 9.17) is 13.0 Å². The van der Waals surface area contributed by atoms with Crippen LogP contribution < -0.4 is 0 Å². The van der Waals surface area contributed by atoms with Gasteiger partial charge in [-0.2, -0.15) is 21.6 Å². The summed E-state index contributed by atoms with van der Waals surface area (Å²) in [5.41, 5.74) is -4.23. The Hall–Kier alpha value is -1.51. The molecule has 0 spiro atoms. The molecule has 120 valence electrons. The van der Waals surface area contributed by atoms with Crippen LogP contribution in [0.1, 0.15) is 5.56 Å². The highest BCUT2D eigenvalue weighted by molar-refractivity contribution is 7.99. The van der Waals surface area contributed by atoms with Gasteiger partial charge in [0.05, 0.1) is 0 Å². The average molecular weight is 350 g/mol. The first-order chi connectivity index (χ1) is 10.1. The molecule has 0 unspecified atom stereocenters. The minimum atomic E-state index is -5.84. The van der Waals surface area contributed by atoms with E-state index in [1.807, 2.05) is 6.07 Å². The predicted molar refractivity (Wildman–Crippen MR) is 79.3 cm³/mol. The monoisotopic (exact) mass is 350 g/mol. The number of rotatable bonds is 2. The molecule has 2 aromatic carbocycles. The van der Waals surface area contributed by atoms with Crippen LogP contribution >= 0.6 is 11.8 Å². The Balaban J connectivity index is 0.000000261. The topological polar surface area (TPSA) is 54.4 Å². The highest BCUT2D eigenvalue weighted by atomic mass is 32.2. The van der Waals surface area contributed by atoms with Gasteiger partial charge in [0, 0.05) is 9.79 Å². The summed E-state index contributed by atoms with van der Waals surface area (Å²) in [7, 11) is -5.84. The van der Waals surface area contributed by atoms with E-state index in [2.05, 4.69) is 55.5 Å². The standard InChI is InChI=1S/C13H12S.CHF3O3S/c1-11-7-9-13(10-8-11)14-12-5-3-2-4-6-12;2-1(3,4)8(5,6)7/h2-10H,1H3;(H,5,6,7). The lowest BCUT2D eigenvalue weighted by molar-refractivity contribution is -0.0510. The number of benzene rings is 2. The molecule has 8 heteroatoms. The first-order valence-electron chi connectivity index (χ1n) is 5.93. The van der Waals surface area contributed by atoms with Crippen molar-refractivity contribution in [3.8, 4) is 0 Å².